The number of aliphatic hydroxyl groups excluding tert-OH is 1. The average Bonchev–Trinajstić information content (AvgIpc) is 2.36. The van der Waals surface area contributed by atoms with Crippen molar-refractivity contribution in [2.24, 2.45) is 0 Å². The van der Waals surface area contributed by atoms with Crippen molar-refractivity contribution in [2.45, 2.75) is 19.2 Å². The van der Waals surface area contributed by atoms with E-state index in [2.05, 4.69) is 4.74 Å². The maximum absolute atomic E-state index is 11.1. The fraction of sp³-hybridized carbons (Fsp3) is 0.333. The minimum absolute atomic E-state index is 0.403. The second kappa shape index (κ2) is 8.16. The lowest BCUT2D eigenvalue weighted by molar-refractivity contribution is -0.184. The number of aliphatic carboxylic acids is 1. The van der Waals surface area contributed by atoms with Crippen LogP contribution in [0, 0.1) is 0 Å². The van der Waals surface area contributed by atoms with Gasteiger partial charge in [0.15, 0.2) is 12.7 Å². The molecule has 0 saturated carbocycles. The Bertz CT molecular complexity index is 430. The third-order valence-corrected chi connectivity index (χ3v) is 1.79. The molecular weight excluding hydrogens is 281 g/mol. The number of ether oxygens (including phenoxy) is 1. The Kier molecular flexibility index (Phi) is 7.30. The Balaban J connectivity index is 0.000000370. The van der Waals surface area contributed by atoms with Gasteiger partial charge in [-0.1, -0.05) is 30.3 Å². The summed E-state index contributed by atoms with van der Waals surface area (Å²) in [7, 11) is 0. The van der Waals surface area contributed by atoms with Crippen LogP contribution in [-0.4, -0.2) is 34.9 Å². The average molecular weight is 294 g/mol. The molecule has 1 rings (SSSR count). The van der Waals surface area contributed by atoms with Crippen molar-refractivity contribution in [2.75, 3.05) is 6.61 Å². The molecule has 2 N–H and O–H groups in total. The monoisotopic (exact) mass is 294 g/mol. The zero-order chi connectivity index (χ0) is 15.8. The molecule has 1 aromatic rings. The number of hydrogen-bond acceptors (Lipinski definition) is 4. The van der Waals surface area contributed by atoms with E-state index >= 15 is 0 Å². The molecule has 0 bridgehead atoms. The molecule has 0 fully saturated rings. The van der Waals surface area contributed by atoms with E-state index in [0.717, 1.165) is 6.92 Å². The van der Waals surface area contributed by atoms with E-state index in [0.29, 0.717) is 5.56 Å². The molecule has 112 valence electrons. The first kappa shape index (κ1) is 17.9. The third-order valence-electron chi connectivity index (χ3n) is 1.79. The zero-order valence-electron chi connectivity index (χ0n) is 10.4. The molecule has 1 unspecified atom stereocenters. The van der Waals surface area contributed by atoms with Crippen LogP contribution in [0.3, 0.4) is 0 Å². The predicted octanol–water partition coefficient (Wildman–Crippen LogP) is 1.92. The molecule has 0 spiro atoms. The Morgan fingerprint density at radius 3 is 2.05 bits per heavy atom. The molecule has 0 aliphatic carbocycles. The molecule has 0 aromatic heterocycles. The maximum Gasteiger partial charge on any atom is 0.422 e. The van der Waals surface area contributed by atoms with E-state index in [4.69, 9.17) is 10.2 Å². The minimum Gasteiger partial charge on any atom is -0.479 e. The number of carbonyl (C=O) groups excluding carboxylic acids is 1. The molecule has 0 radical (unpaired) electrons. The quantitative estimate of drug-likeness (QED) is 0.832. The number of alkyl halides is 3. The van der Waals surface area contributed by atoms with Crippen LogP contribution in [0.5, 0.6) is 0 Å². The van der Waals surface area contributed by atoms with Crippen LogP contribution < -0.4 is 0 Å². The van der Waals surface area contributed by atoms with Gasteiger partial charge in [0.1, 0.15) is 0 Å². The van der Waals surface area contributed by atoms with Gasteiger partial charge in [0.25, 0.3) is 0 Å². The van der Waals surface area contributed by atoms with Crippen LogP contribution in [0.4, 0.5) is 13.2 Å². The Morgan fingerprint density at radius 2 is 1.75 bits per heavy atom. The summed E-state index contributed by atoms with van der Waals surface area (Å²) in [5.41, 5.74) is 0.403. The number of benzene rings is 1. The molecule has 0 amide bonds. The van der Waals surface area contributed by atoms with Crippen molar-refractivity contribution in [3.05, 3.63) is 35.9 Å². The molecule has 0 saturated heterocycles. The number of rotatable bonds is 3. The Hall–Kier alpha value is -2.09. The number of carbonyl (C=O) groups is 2. The van der Waals surface area contributed by atoms with Gasteiger partial charge in [-0.05, 0) is 5.56 Å². The standard InChI is InChI=1S/C8H8O3.C4H5F3O2/c9-7(8(10)11)6-4-2-1-3-5-6;1-3(8)9-2-4(5,6)7/h1-5,7,9H,(H,10,11);2H2,1H3. The molecule has 0 aliphatic heterocycles. The lowest BCUT2D eigenvalue weighted by Crippen LogP contribution is -2.18. The van der Waals surface area contributed by atoms with E-state index in [-0.39, 0.29) is 0 Å². The lowest BCUT2D eigenvalue weighted by atomic mass is 10.1. The Labute approximate surface area is 112 Å². The van der Waals surface area contributed by atoms with Gasteiger partial charge in [-0.25, -0.2) is 4.79 Å². The van der Waals surface area contributed by atoms with Gasteiger partial charge in [-0.2, -0.15) is 13.2 Å². The summed E-state index contributed by atoms with van der Waals surface area (Å²) in [5, 5.41) is 17.4. The summed E-state index contributed by atoms with van der Waals surface area (Å²) >= 11 is 0. The first-order valence-corrected chi connectivity index (χ1v) is 5.29. The van der Waals surface area contributed by atoms with Crippen molar-refractivity contribution >= 4 is 11.9 Å². The summed E-state index contributed by atoms with van der Waals surface area (Å²) in [6.45, 7) is -0.575. The van der Waals surface area contributed by atoms with E-state index in [9.17, 15) is 22.8 Å². The van der Waals surface area contributed by atoms with Gasteiger partial charge in [0, 0.05) is 6.92 Å². The van der Waals surface area contributed by atoms with E-state index < -0.39 is 30.8 Å². The van der Waals surface area contributed by atoms with Crippen molar-refractivity contribution in [1.82, 2.24) is 0 Å². The van der Waals surface area contributed by atoms with Crippen LogP contribution in [-0.2, 0) is 14.3 Å². The highest BCUT2D eigenvalue weighted by molar-refractivity contribution is 5.73. The first-order valence-electron chi connectivity index (χ1n) is 5.29. The van der Waals surface area contributed by atoms with Gasteiger partial charge in [-0.3, -0.25) is 4.79 Å². The van der Waals surface area contributed by atoms with Crippen LogP contribution >= 0.6 is 0 Å². The smallest absolute Gasteiger partial charge is 0.422 e. The van der Waals surface area contributed by atoms with Crippen LogP contribution in [0.1, 0.15) is 18.6 Å². The minimum atomic E-state index is -4.41. The molecule has 20 heavy (non-hydrogen) atoms. The summed E-state index contributed by atoms with van der Waals surface area (Å²) in [4.78, 5) is 20.0. The van der Waals surface area contributed by atoms with E-state index in [1.54, 1.807) is 30.3 Å². The number of esters is 1. The van der Waals surface area contributed by atoms with Crippen LogP contribution in [0.15, 0.2) is 30.3 Å². The molecule has 5 nitrogen and oxygen atoms in total. The predicted molar refractivity (Wildman–Crippen MR) is 61.7 cm³/mol. The lowest BCUT2D eigenvalue weighted by Gasteiger charge is -2.04. The molecule has 1 aromatic carbocycles. The number of carboxylic acids is 1. The number of halogens is 3. The second-order valence-corrected chi connectivity index (χ2v) is 3.55. The zero-order valence-corrected chi connectivity index (χ0v) is 10.4. The molecular formula is C12H13F3O5. The van der Waals surface area contributed by atoms with E-state index in [1.165, 1.54) is 0 Å². The maximum atomic E-state index is 11.1. The molecule has 8 heteroatoms. The van der Waals surface area contributed by atoms with Gasteiger partial charge >= 0.3 is 18.1 Å². The van der Waals surface area contributed by atoms with Crippen LogP contribution in [0.25, 0.3) is 0 Å². The fourth-order valence-electron chi connectivity index (χ4n) is 0.961. The highest BCUT2D eigenvalue weighted by Gasteiger charge is 2.28. The normalized spacial score (nSPS) is 11.8. The van der Waals surface area contributed by atoms with Gasteiger partial charge < -0.3 is 14.9 Å². The SMILES string of the molecule is CC(=O)OCC(F)(F)F.O=C(O)C(O)c1ccccc1. The Morgan fingerprint density at radius 1 is 1.25 bits per heavy atom. The largest absolute Gasteiger partial charge is 0.479 e. The number of hydrogen-bond donors (Lipinski definition) is 2. The van der Waals surface area contributed by atoms with Gasteiger partial charge in [-0.15, -0.1) is 0 Å². The van der Waals surface area contributed by atoms with Crippen molar-refractivity contribution < 1.29 is 37.7 Å². The third kappa shape index (κ3) is 8.92. The second-order valence-electron chi connectivity index (χ2n) is 3.55. The highest BCUT2D eigenvalue weighted by Crippen LogP contribution is 2.14. The first-order chi connectivity index (χ1) is 9.13. The topological polar surface area (TPSA) is 83.8 Å². The number of aliphatic hydroxyl groups is 1. The van der Waals surface area contributed by atoms with Crippen molar-refractivity contribution in [1.29, 1.82) is 0 Å². The van der Waals surface area contributed by atoms with Crippen molar-refractivity contribution in [3.63, 3.8) is 0 Å². The summed E-state index contributed by atoms with van der Waals surface area (Å²) in [6.07, 6.45) is -5.82. The molecule has 1 atom stereocenters. The van der Waals surface area contributed by atoms with Gasteiger partial charge in [0.2, 0.25) is 0 Å². The fourth-order valence-corrected chi connectivity index (χ4v) is 0.961. The molecule has 0 aliphatic rings. The summed E-state index contributed by atoms with van der Waals surface area (Å²) < 4.78 is 37.1. The number of carboxylic acid groups (broad SMARTS) is 1. The van der Waals surface area contributed by atoms with Crippen LogP contribution in [0.2, 0.25) is 0 Å². The summed E-state index contributed by atoms with van der Waals surface area (Å²) in [6, 6.07) is 8.26. The highest BCUT2D eigenvalue weighted by atomic mass is 19.4. The van der Waals surface area contributed by atoms with Gasteiger partial charge in [0.05, 0.1) is 0 Å². The van der Waals surface area contributed by atoms with Crippen molar-refractivity contribution in [3.8, 4) is 0 Å². The molecule has 0 heterocycles. The summed E-state index contributed by atoms with van der Waals surface area (Å²) in [5.74, 6) is -2.15. The van der Waals surface area contributed by atoms with E-state index in [1.807, 2.05) is 0 Å².